The van der Waals surface area contributed by atoms with E-state index in [1.165, 1.54) is 31.3 Å². The maximum atomic E-state index is 12.2. The van der Waals surface area contributed by atoms with Gasteiger partial charge >= 0.3 is 0 Å². The van der Waals surface area contributed by atoms with Crippen molar-refractivity contribution < 1.29 is 4.79 Å². The van der Waals surface area contributed by atoms with E-state index in [9.17, 15) is 4.79 Å². The summed E-state index contributed by atoms with van der Waals surface area (Å²) in [6, 6.07) is 3.96. The van der Waals surface area contributed by atoms with Gasteiger partial charge in [0.1, 0.15) is 11.3 Å². The fourth-order valence-electron chi connectivity index (χ4n) is 2.82. The maximum absolute atomic E-state index is 12.2. The monoisotopic (exact) mass is 283 g/mol. The summed E-state index contributed by atoms with van der Waals surface area (Å²) in [6.07, 6.45) is 11.9. The van der Waals surface area contributed by atoms with E-state index in [0.717, 1.165) is 17.6 Å². The average Bonchev–Trinajstić information content (AvgIpc) is 2.94. The lowest BCUT2D eigenvalue weighted by atomic mass is 9.97. The second kappa shape index (κ2) is 6.12. The normalized spacial score (nSPS) is 15.0. The summed E-state index contributed by atoms with van der Waals surface area (Å²) < 4.78 is 1.90. The van der Waals surface area contributed by atoms with Crippen molar-refractivity contribution in [2.45, 2.75) is 39.0 Å². The van der Waals surface area contributed by atoms with Crippen LogP contribution in [0.4, 0.5) is 0 Å². The lowest BCUT2D eigenvalue weighted by Gasteiger charge is -2.12. The van der Waals surface area contributed by atoms with Crippen molar-refractivity contribution >= 4 is 11.6 Å². The molecule has 1 amide bonds. The van der Waals surface area contributed by atoms with Crippen molar-refractivity contribution in [3.8, 4) is 0 Å². The predicted octanol–water partition coefficient (Wildman–Crippen LogP) is 3.26. The minimum Gasteiger partial charge on any atom is -0.350 e. The highest BCUT2D eigenvalue weighted by Crippen LogP contribution is 2.19. The Kier molecular flexibility index (Phi) is 4.04. The van der Waals surface area contributed by atoms with Crippen molar-refractivity contribution in [2.75, 3.05) is 6.54 Å². The molecule has 0 saturated carbocycles. The first-order chi connectivity index (χ1) is 10.2. The molecule has 0 radical (unpaired) electrons. The zero-order chi connectivity index (χ0) is 14.7. The summed E-state index contributed by atoms with van der Waals surface area (Å²) in [4.78, 5) is 16.6. The second-order valence-corrected chi connectivity index (χ2v) is 5.66. The molecule has 0 aromatic carbocycles. The molecule has 0 fully saturated rings. The number of hydrogen-bond donors (Lipinski definition) is 1. The zero-order valence-corrected chi connectivity index (χ0v) is 12.4. The molecule has 110 valence electrons. The highest BCUT2D eigenvalue weighted by molar-refractivity contribution is 5.92. The van der Waals surface area contributed by atoms with Crippen molar-refractivity contribution in [1.29, 1.82) is 0 Å². The number of pyridine rings is 1. The first-order valence-corrected chi connectivity index (χ1v) is 7.64. The molecule has 1 aliphatic rings. The summed E-state index contributed by atoms with van der Waals surface area (Å²) in [5, 5.41) is 2.97. The van der Waals surface area contributed by atoms with Crippen LogP contribution < -0.4 is 5.32 Å². The van der Waals surface area contributed by atoms with Crippen LogP contribution in [0.15, 0.2) is 36.2 Å². The summed E-state index contributed by atoms with van der Waals surface area (Å²) in [6.45, 7) is 2.69. The minimum absolute atomic E-state index is 0.0884. The molecule has 0 bridgehead atoms. The first kappa shape index (κ1) is 13.9. The van der Waals surface area contributed by atoms with Gasteiger partial charge in [0.25, 0.3) is 5.91 Å². The quantitative estimate of drug-likeness (QED) is 0.875. The number of carbonyl (C=O) groups excluding carboxylic acids is 1. The Bertz CT molecular complexity index is 684. The first-order valence-electron chi connectivity index (χ1n) is 7.64. The van der Waals surface area contributed by atoms with Crippen LogP contribution in [-0.4, -0.2) is 21.8 Å². The van der Waals surface area contributed by atoms with Gasteiger partial charge in [-0.1, -0.05) is 17.7 Å². The van der Waals surface area contributed by atoms with Crippen LogP contribution in [0.2, 0.25) is 0 Å². The Labute approximate surface area is 124 Å². The van der Waals surface area contributed by atoms with E-state index >= 15 is 0 Å². The maximum Gasteiger partial charge on any atom is 0.271 e. The average molecular weight is 283 g/mol. The van der Waals surface area contributed by atoms with Gasteiger partial charge in [-0.3, -0.25) is 4.79 Å². The number of nitrogens with one attached hydrogen (secondary N) is 1. The van der Waals surface area contributed by atoms with Gasteiger partial charge in [0.15, 0.2) is 0 Å². The van der Waals surface area contributed by atoms with Crippen molar-refractivity contribution in [3.63, 3.8) is 0 Å². The van der Waals surface area contributed by atoms with Crippen LogP contribution >= 0.6 is 0 Å². The molecule has 1 N–H and O–H groups in total. The third kappa shape index (κ3) is 3.15. The molecule has 4 heteroatoms. The van der Waals surface area contributed by atoms with E-state index in [1.54, 1.807) is 6.20 Å². The van der Waals surface area contributed by atoms with Crippen molar-refractivity contribution in [2.24, 2.45) is 0 Å². The van der Waals surface area contributed by atoms with Gasteiger partial charge in [-0.25, -0.2) is 4.98 Å². The van der Waals surface area contributed by atoms with Crippen LogP contribution in [0.25, 0.3) is 5.65 Å². The van der Waals surface area contributed by atoms with Crippen molar-refractivity contribution in [1.82, 2.24) is 14.7 Å². The van der Waals surface area contributed by atoms with Gasteiger partial charge < -0.3 is 9.72 Å². The van der Waals surface area contributed by atoms with E-state index in [1.807, 2.05) is 29.7 Å². The molecule has 0 atom stereocenters. The van der Waals surface area contributed by atoms with Gasteiger partial charge in [0, 0.05) is 18.9 Å². The number of amides is 1. The Hall–Kier alpha value is -2.10. The zero-order valence-electron chi connectivity index (χ0n) is 12.4. The molecule has 2 aromatic rings. The van der Waals surface area contributed by atoms with E-state index in [-0.39, 0.29) is 5.91 Å². The topological polar surface area (TPSA) is 46.4 Å². The summed E-state index contributed by atoms with van der Waals surface area (Å²) in [7, 11) is 0. The number of fused-ring (bicyclic) bond motifs is 1. The van der Waals surface area contributed by atoms with Crippen LogP contribution in [0.5, 0.6) is 0 Å². The number of hydrogen-bond acceptors (Lipinski definition) is 2. The van der Waals surface area contributed by atoms with Crippen LogP contribution in [0, 0.1) is 6.92 Å². The number of nitrogens with zero attached hydrogens (tertiary/aromatic N) is 2. The fourth-order valence-corrected chi connectivity index (χ4v) is 2.82. The van der Waals surface area contributed by atoms with Gasteiger partial charge in [-0.2, -0.15) is 0 Å². The van der Waals surface area contributed by atoms with Crippen LogP contribution in [-0.2, 0) is 0 Å². The Balaban J connectivity index is 1.61. The SMILES string of the molecule is Cc1cccn2cc(C(=O)NCCC3=CCCCC3)nc12. The second-order valence-electron chi connectivity index (χ2n) is 5.66. The molecule has 21 heavy (non-hydrogen) atoms. The summed E-state index contributed by atoms with van der Waals surface area (Å²) in [5.41, 5.74) is 3.89. The Morgan fingerprint density at radius 3 is 3.10 bits per heavy atom. The molecule has 0 saturated heterocycles. The third-order valence-electron chi connectivity index (χ3n) is 4.03. The van der Waals surface area contributed by atoms with Gasteiger partial charge in [-0.15, -0.1) is 0 Å². The summed E-state index contributed by atoms with van der Waals surface area (Å²) >= 11 is 0. The lowest BCUT2D eigenvalue weighted by molar-refractivity contribution is 0.0949. The Morgan fingerprint density at radius 1 is 1.43 bits per heavy atom. The van der Waals surface area contributed by atoms with Crippen LogP contribution in [0.1, 0.15) is 48.2 Å². The van der Waals surface area contributed by atoms with E-state index in [0.29, 0.717) is 12.2 Å². The number of imidazole rings is 1. The molecular formula is C17H21N3O. The number of rotatable bonds is 4. The molecule has 4 nitrogen and oxygen atoms in total. The molecule has 0 unspecified atom stereocenters. The van der Waals surface area contributed by atoms with E-state index < -0.39 is 0 Å². The molecule has 2 heterocycles. The third-order valence-corrected chi connectivity index (χ3v) is 4.03. The van der Waals surface area contributed by atoms with Gasteiger partial charge in [0.2, 0.25) is 0 Å². The number of carbonyl (C=O) groups is 1. The minimum atomic E-state index is -0.0884. The lowest BCUT2D eigenvalue weighted by Crippen LogP contribution is -2.25. The molecule has 3 rings (SSSR count). The summed E-state index contributed by atoms with van der Waals surface area (Å²) in [5.74, 6) is -0.0884. The van der Waals surface area contributed by atoms with Gasteiger partial charge in [-0.05, 0) is 50.7 Å². The predicted molar refractivity (Wildman–Crippen MR) is 83.4 cm³/mol. The smallest absolute Gasteiger partial charge is 0.271 e. The number of aromatic nitrogens is 2. The van der Waals surface area contributed by atoms with E-state index in [4.69, 9.17) is 0 Å². The highest BCUT2D eigenvalue weighted by Gasteiger charge is 2.11. The standard InChI is InChI=1S/C17H21N3O/c1-13-6-5-11-20-12-15(19-16(13)20)17(21)18-10-9-14-7-3-2-4-8-14/h5-7,11-12H,2-4,8-10H2,1H3,(H,18,21). The van der Waals surface area contributed by atoms with Crippen LogP contribution in [0.3, 0.4) is 0 Å². The van der Waals surface area contributed by atoms with Gasteiger partial charge in [0.05, 0.1) is 0 Å². The fraction of sp³-hybridized carbons (Fsp3) is 0.412. The molecular weight excluding hydrogens is 262 g/mol. The largest absolute Gasteiger partial charge is 0.350 e. The van der Waals surface area contributed by atoms with Crippen molar-refractivity contribution in [3.05, 3.63) is 47.4 Å². The molecule has 0 spiro atoms. The van der Waals surface area contributed by atoms with E-state index in [2.05, 4.69) is 16.4 Å². The highest BCUT2D eigenvalue weighted by atomic mass is 16.1. The molecule has 0 aliphatic heterocycles. The molecule has 2 aromatic heterocycles. The molecule has 1 aliphatic carbocycles. The Morgan fingerprint density at radius 2 is 2.33 bits per heavy atom. The number of aryl methyl sites for hydroxylation is 1. The number of allylic oxidation sites excluding steroid dienone is 1.